The molecule has 1 N–H and O–H groups in total. The van der Waals surface area contributed by atoms with Crippen molar-refractivity contribution >= 4 is 0 Å². The van der Waals surface area contributed by atoms with Crippen molar-refractivity contribution in [1.29, 1.82) is 0 Å². The highest BCUT2D eigenvalue weighted by atomic mass is 16.5. The minimum absolute atomic E-state index is 0.262. The molecule has 0 saturated carbocycles. The van der Waals surface area contributed by atoms with Gasteiger partial charge in [-0.3, -0.25) is 0 Å². The van der Waals surface area contributed by atoms with Gasteiger partial charge >= 0.3 is 0 Å². The van der Waals surface area contributed by atoms with Crippen molar-refractivity contribution in [1.82, 2.24) is 5.32 Å². The Morgan fingerprint density at radius 3 is 2.71 bits per heavy atom. The molecule has 40 valence electrons. The molecule has 0 radical (unpaired) electrons. The topological polar surface area (TPSA) is 21.3 Å². The minimum atomic E-state index is 0.262. The molecule has 0 bridgehead atoms. The van der Waals surface area contributed by atoms with Crippen LogP contribution in [-0.2, 0) is 4.74 Å². The molecule has 1 aliphatic rings. The summed E-state index contributed by atoms with van der Waals surface area (Å²) >= 11 is 0. The summed E-state index contributed by atoms with van der Waals surface area (Å²) in [5.74, 6) is 0. The SMILES string of the molecule is C=CNC1CCO1. The molecule has 2 nitrogen and oxygen atoms in total. The summed E-state index contributed by atoms with van der Waals surface area (Å²) in [6.45, 7) is 4.39. The van der Waals surface area contributed by atoms with E-state index < -0.39 is 0 Å². The van der Waals surface area contributed by atoms with E-state index in [1.54, 1.807) is 6.20 Å². The van der Waals surface area contributed by atoms with Gasteiger partial charge in [0.2, 0.25) is 0 Å². The third-order valence-corrected chi connectivity index (χ3v) is 1.00. The van der Waals surface area contributed by atoms with Gasteiger partial charge in [0.05, 0.1) is 6.61 Å². The molecule has 7 heavy (non-hydrogen) atoms. The van der Waals surface area contributed by atoms with Gasteiger partial charge < -0.3 is 10.1 Å². The first-order chi connectivity index (χ1) is 3.43. The fourth-order valence-electron chi connectivity index (χ4n) is 0.499. The molecule has 2 heteroatoms. The van der Waals surface area contributed by atoms with Gasteiger partial charge in [0.15, 0.2) is 0 Å². The number of rotatable bonds is 2. The molecular formula is C5H9NO. The zero-order chi connectivity index (χ0) is 5.11. The summed E-state index contributed by atoms with van der Waals surface area (Å²) in [6.07, 6.45) is 3.04. The van der Waals surface area contributed by atoms with Crippen LogP contribution in [-0.4, -0.2) is 12.8 Å². The first kappa shape index (κ1) is 4.65. The van der Waals surface area contributed by atoms with Crippen LogP contribution in [0, 0.1) is 0 Å². The van der Waals surface area contributed by atoms with Crippen LogP contribution in [0.2, 0.25) is 0 Å². The standard InChI is InChI=1S/C5H9NO/c1-2-6-5-3-4-7-5/h2,5-6H,1,3-4H2. The van der Waals surface area contributed by atoms with Crippen molar-refractivity contribution in [3.05, 3.63) is 12.8 Å². The Kier molecular flexibility index (Phi) is 1.32. The van der Waals surface area contributed by atoms with Gasteiger partial charge in [-0.25, -0.2) is 0 Å². The van der Waals surface area contributed by atoms with Crippen LogP contribution in [0.5, 0.6) is 0 Å². The molecular weight excluding hydrogens is 90.1 g/mol. The van der Waals surface area contributed by atoms with E-state index >= 15 is 0 Å². The summed E-state index contributed by atoms with van der Waals surface area (Å²) < 4.78 is 4.99. The van der Waals surface area contributed by atoms with E-state index in [-0.39, 0.29) is 6.23 Å². The van der Waals surface area contributed by atoms with Gasteiger partial charge in [-0.15, -0.1) is 0 Å². The molecule has 1 aliphatic heterocycles. The van der Waals surface area contributed by atoms with Crippen molar-refractivity contribution in [3.63, 3.8) is 0 Å². The second-order valence-electron chi connectivity index (χ2n) is 1.52. The van der Waals surface area contributed by atoms with Crippen LogP contribution in [0.4, 0.5) is 0 Å². The molecule has 1 fully saturated rings. The monoisotopic (exact) mass is 99.1 g/mol. The van der Waals surface area contributed by atoms with E-state index in [0.717, 1.165) is 13.0 Å². The lowest BCUT2D eigenvalue weighted by molar-refractivity contribution is -0.0625. The predicted octanol–water partition coefficient (Wildman–Crippen LogP) is 0.466. The van der Waals surface area contributed by atoms with Gasteiger partial charge in [0.25, 0.3) is 0 Å². The van der Waals surface area contributed by atoms with E-state index in [4.69, 9.17) is 4.74 Å². The molecule has 0 aromatic heterocycles. The number of nitrogens with one attached hydrogen (secondary N) is 1. The van der Waals surface area contributed by atoms with Gasteiger partial charge in [0.1, 0.15) is 6.23 Å². The third kappa shape index (κ3) is 0.933. The smallest absolute Gasteiger partial charge is 0.129 e. The Bertz CT molecular complexity index is 68.5. The molecule has 1 atom stereocenters. The summed E-state index contributed by atoms with van der Waals surface area (Å²) in [7, 11) is 0. The molecule has 0 amide bonds. The zero-order valence-electron chi connectivity index (χ0n) is 4.18. The Hall–Kier alpha value is -0.500. The Morgan fingerprint density at radius 2 is 2.57 bits per heavy atom. The second kappa shape index (κ2) is 1.98. The maximum absolute atomic E-state index is 4.99. The van der Waals surface area contributed by atoms with Crippen LogP contribution >= 0.6 is 0 Å². The molecule has 1 unspecified atom stereocenters. The maximum Gasteiger partial charge on any atom is 0.129 e. The summed E-state index contributed by atoms with van der Waals surface area (Å²) in [5, 5.41) is 2.92. The first-order valence-electron chi connectivity index (χ1n) is 2.42. The Morgan fingerprint density at radius 1 is 1.86 bits per heavy atom. The quantitative estimate of drug-likeness (QED) is 0.543. The molecule has 0 aromatic carbocycles. The van der Waals surface area contributed by atoms with Crippen molar-refractivity contribution in [2.24, 2.45) is 0 Å². The third-order valence-electron chi connectivity index (χ3n) is 1.00. The highest BCUT2D eigenvalue weighted by Crippen LogP contribution is 2.05. The second-order valence-corrected chi connectivity index (χ2v) is 1.52. The van der Waals surface area contributed by atoms with E-state index in [2.05, 4.69) is 11.9 Å². The predicted molar refractivity (Wildman–Crippen MR) is 27.7 cm³/mol. The molecule has 0 aromatic rings. The average molecular weight is 99.1 g/mol. The summed E-state index contributed by atoms with van der Waals surface area (Å²) in [4.78, 5) is 0. The summed E-state index contributed by atoms with van der Waals surface area (Å²) in [5.41, 5.74) is 0. The van der Waals surface area contributed by atoms with Crippen molar-refractivity contribution in [3.8, 4) is 0 Å². The van der Waals surface area contributed by atoms with E-state index in [1.165, 1.54) is 0 Å². The van der Waals surface area contributed by atoms with E-state index in [1.807, 2.05) is 0 Å². The number of hydrogen-bond acceptors (Lipinski definition) is 2. The number of ether oxygens (including phenoxy) is 1. The number of hydrogen-bond donors (Lipinski definition) is 1. The van der Waals surface area contributed by atoms with E-state index in [9.17, 15) is 0 Å². The fraction of sp³-hybridized carbons (Fsp3) is 0.600. The van der Waals surface area contributed by atoms with Crippen molar-refractivity contribution in [2.75, 3.05) is 6.61 Å². The Balaban J connectivity index is 2.03. The van der Waals surface area contributed by atoms with Crippen molar-refractivity contribution < 1.29 is 4.74 Å². The maximum atomic E-state index is 4.99. The highest BCUT2D eigenvalue weighted by Gasteiger charge is 2.14. The molecule has 0 aliphatic carbocycles. The fourth-order valence-corrected chi connectivity index (χ4v) is 0.499. The average Bonchev–Trinajstić information content (AvgIpc) is 1.55. The van der Waals surface area contributed by atoms with Gasteiger partial charge in [-0.1, -0.05) is 6.58 Å². The normalized spacial score (nSPS) is 28.3. The molecule has 0 spiro atoms. The van der Waals surface area contributed by atoms with Crippen LogP contribution in [0.3, 0.4) is 0 Å². The van der Waals surface area contributed by atoms with Crippen molar-refractivity contribution in [2.45, 2.75) is 12.6 Å². The Labute approximate surface area is 43.2 Å². The van der Waals surface area contributed by atoms with Crippen LogP contribution in [0.1, 0.15) is 6.42 Å². The van der Waals surface area contributed by atoms with Crippen LogP contribution in [0.25, 0.3) is 0 Å². The molecule has 1 saturated heterocycles. The van der Waals surface area contributed by atoms with E-state index in [0.29, 0.717) is 0 Å². The van der Waals surface area contributed by atoms with Gasteiger partial charge in [-0.05, 0) is 6.20 Å². The van der Waals surface area contributed by atoms with Gasteiger partial charge in [0, 0.05) is 6.42 Å². The minimum Gasteiger partial charge on any atom is -0.367 e. The van der Waals surface area contributed by atoms with Crippen LogP contribution in [0.15, 0.2) is 12.8 Å². The lowest BCUT2D eigenvalue weighted by atomic mass is 10.3. The summed E-state index contributed by atoms with van der Waals surface area (Å²) in [6, 6.07) is 0. The molecule has 1 heterocycles. The largest absolute Gasteiger partial charge is 0.367 e. The zero-order valence-corrected chi connectivity index (χ0v) is 4.18. The lowest BCUT2D eigenvalue weighted by Crippen LogP contribution is -2.37. The lowest BCUT2D eigenvalue weighted by Gasteiger charge is -2.25. The first-order valence-corrected chi connectivity index (χ1v) is 2.42. The van der Waals surface area contributed by atoms with Crippen LogP contribution < -0.4 is 5.32 Å². The van der Waals surface area contributed by atoms with Gasteiger partial charge in [-0.2, -0.15) is 0 Å². The molecule has 1 rings (SSSR count). The highest BCUT2D eigenvalue weighted by molar-refractivity contribution is 4.71.